The predicted molar refractivity (Wildman–Crippen MR) is 54.9 cm³/mol. The van der Waals surface area contributed by atoms with E-state index in [1.807, 2.05) is 0 Å². The van der Waals surface area contributed by atoms with E-state index in [4.69, 9.17) is 9.84 Å². The molecule has 2 atom stereocenters. The molecule has 0 radical (unpaired) electrons. The highest BCUT2D eigenvalue weighted by atomic mass is 16.6. The Balaban J connectivity index is 2.54. The molecule has 1 amide bonds. The number of carbonyl (C=O) groups excluding carboxylic acids is 1. The fraction of sp³-hybridized carbons (Fsp3) is 0.600. The van der Waals surface area contributed by atoms with Gasteiger partial charge in [-0.3, -0.25) is 4.79 Å². The Hall–Kier alpha value is -1.56. The van der Waals surface area contributed by atoms with Crippen molar-refractivity contribution in [3.8, 4) is 0 Å². The molecule has 1 aliphatic rings. The van der Waals surface area contributed by atoms with E-state index >= 15 is 0 Å². The normalized spacial score (nSPS) is 24.9. The zero-order valence-electron chi connectivity index (χ0n) is 8.83. The molecule has 1 fully saturated rings. The fourth-order valence-corrected chi connectivity index (χ4v) is 1.57. The molecule has 1 rings (SSSR count). The van der Waals surface area contributed by atoms with Gasteiger partial charge in [0.15, 0.2) is 0 Å². The van der Waals surface area contributed by atoms with Crippen LogP contribution in [0.25, 0.3) is 0 Å². The maximum Gasteiger partial charge on any atom is 0.410 e. The number of likely N-dealkylation sites (tertiary alicyclic amines) is 1. The van der Waals surface area contributed by atoms with Gasteiger partial charge in [0.2, 0.25) is 0 Å². The van der Waals surface area contributed by atoms with Gasteiger partial charge in [-0.25, -0.2) is 4.79 Å². The van der Waals surface area contributed by atoms with Crippen LogP contribution in [-0.2, 0) is 9.53 Å². The molecule has 0 saturated carbocycles. The highest BCUT2D eigenvalue weighted by Crippen LogP contribution is 2.18. The third-order valence-corrected chi connectivity index (χ3v) is 2.48. The molecule has 2 unspecified atom stereocenters. The van der Waals surface area contributed by atoms with Crippen LogP contribution in [0, 0.1) is 5.92 Å². The Morgan fingerprint density at radius 1 is 1.56 bits per heavy atom. The van der Waals surface area contributed by atoms with Crippen molar-refractivity contribution >= 4 is 12.1 Å². The number of piperidine rings is 1. The van der Waals surface area contributed by atoms with Crippen LogP contribution in [-0.4, -0.2) is 53.0 Å². The minimum absolute atomic E-state index is 0.0214. The summed E-state index contributed by atoms with van der Waals surface area (Å²) >= 11 is 0. The summed E-state index contributed by atoms with van der Waals surface area (Å²) in [6.07, 6.45) is 0.213. The van der Waals surface area contributed by atoms with Crippen LogP contribution in [0.3, 0.4) is 0 Å². The van der Waals surface area contributed by atoms with E-state index in [0.717, 1.165) is 0 Å². The third-order valence-electron chi connectivity index (χ3n) is 2.48. The Morgan fingerprint density at radius 2 is 2.25 bits per heavy atom. The van der Waals surface area contributed by atoms with E-state index < -0.39 is 24.1 Å². The van der Waals surface area contributed by atoms with Crippen LogP contribution in [0.5, 0.6) is 0 Å². The lowest BCUT2D eigenvalue weighted by molar-refractivity contribution is -0.148. The number of carbonyl (C=O) groups is 2. The van der Waals surface area contributed by atoms with Gasteiger partial charge in [-0.15, -0.1) is 0 Å². The standard InChI is InChI=1S/C10H15NO5/c1-2-5-16-10(15)11-4-3-8(12)7(6-11)9(13)14/h2,7-8,12H,1,3-6H2,(H,13,14). The second-order valence-electron chi connectivity index (χ2n) is 3.61. The van der Waals surface area contributed by atoms with Gasteiger partial charge in [-0.05, 0) is 6.42 Å². The molecule has 0 spiro atoms. The van der Waals surface area contributed by atoms with Gasteiger partial charge in [0.25, 0.3) is 0 Å². The summed E-state index contributed by atoms with van der Waals surface area (Å²) in [5.74, 6) is -2.04. The molecular weight excluding hydrogens is 214 g/mol. The van der Waals surface area contributed by atoms with Gasteiger partial charge < -0.3 is 19.8 Å². The first-order chi connectivity index (χ1) is 7.56. The SMILES string of the molecule is C=CCOC(=O)N1CCC(O)C(C(=O)O)C1. The summed E-state index contributed by atoms with van der Waals surface area (Å²) < 4.78 is 4.79. The van der Waals surface area contributed by atoms with Crippen LogP contribution in [0.15, 0.2) is 12.7 Å². The van der Waals surface area contributed by atoms with Gasteiger partial charge in [0.1, 0.15) is 12.5 Å². The van der Waals surface area contributed by atoms with E-state index in [0.29, 0.717) is 6.54 Å². The molecule has 1 heterocycles. The summed E-state index contributed by atoms with van der Waals surface area (Å²) in [7, 11) is 0. The number of aliphatic hydroxyl groups is 1. The van der Waals surface area contributed by atoms with Crippen molar-refractivity contribution < 1.29 is 24.5 Å². The number of nitrogens with zero attached hydrogens (tertiary/aromatic N) is 1. The Labute approximate surface area is 93.1 Å². The lowest BCUT2D eigenvalue weighted by Gasteiger charge is -2.33. The van der Waals surface area contributed by atoms with Gasteiger partial charge in [0.05, 0.1) is 6.10 Å². The van der Waals surface area contributed by atoms with Crippen molar-refractivity contribution in [1.82, 2.24) is 4.90 Å². The highest BCUT2D eigenvalue weighted by Gasteiger charge is 2.35. The first-order valence-electron chi connectivity index (χ1n) is 4.99. The molecule has 0 bridgehead atoms. The van der Waals surface area contributed by atoms with Crippen molar-refractivity contribution in [2.24, 2.45) is 5.92 Å². The minimum Gasteiger partial charge on any atom is -0.481 e. The Bertz CT molecular complexity index is 291. The lowest BCUT2D eigenvalue weighted by atomic mass is 9.95. The topological polar surface area (TPSA) is 87.1 Å². The zero-order chi connectivity index (χ0) is 12.1. The van der Waals surface area contributed by atoms with Crippen molar-refractivity contribution in [3.05, 3.63) is 12.7 Å². The predicted octanol–water partition coefficient (Wildman–Crippen LogP) is 0.0764. The molecule has 0 aliphatic carbocycles. The van der Waals surface area contributed by atoms with E-state index in [-0.39, 0.29) is 19.6 Å². The quantitative estimate of drug-likeness (QED) is 0.669. The minimum atomic E-state index is -1.10. The van der Waals surface area contributed by atoms with Crippen LogP contribution < -0.4 is 0 Å². The number of aliphatic hydroxyl groups excluding tert-OH is 1. The molecule has 16 heavy (non-hydrogen) atoms. The molecule has 0 aromatic carbocycles. The monoisotopic (exact) mass is 229 g/mol. The van der Waals surface area contributed by atoms with Gasteiger partial charge >= 0.3 is 12.1 Å². The molecule has 6 nitrogen and oxygen atoms in total. The van der Waals surface area contributed by atoms with Gasteiger partial charge in [-0.1, -0.05) is 12.7 Å². The lowest BCUT2D eigenvalue weighted by Crippen LogP contribution is -2.48. The molecule has 90 valence electrons. The first kappa shape index (κ1) is 12.5. The van der Waals surface area contributed by atoms with Gasteiger partial charge in [0, 0.05) is 13.1 Å². The second-order valence-corrected chi connectivity index (χ2v) is 3.61. The summed E-state index contributed by atoms with van der Waals surface area (Å²) in [5, 5.41) is 18.3. The average molecular weight is 229 g/mol. The number of rotatable bonds is 3. The average Bonchev–Trinajstić information content (AvgIpc) is 2.26. The van der Waals surface area contributed by atoms with Crippen LogP contribution in [0.1, 0.15) is 6.42 Å². The van der Waals surface area contributed by atoms with E-state index in [9.17, 15) is 14.7 Å². The van der Waals surface area contributed by atoms with Crippen LogP contribution >= 0.6 is 0 Å². The summed E-state index contributed by atoms with van der Waals surface area (Å²) in [4.78, 5) is 23.5. The molecule has 2 N–H and O–H groups in total. The third kappa shape index (κ3) is 2.96. The fourth-order valence-electron chi connectivity index (χ4n) is 1.57. The number of ether oxygens (including phenoxy) is 1. The number of carboxylic acids is 1. The van der Waals surface area contributed by atoms with Crippen molar-refractivity contribution in [2.75, 3.05) is 19.7 Å². The maximum atomic E-state index is 11.4. The summed E-state index contributed by atoms with van der Waals surface area (Å²) in [6.45, 7) is 3.78. The van der Waals surface area contributed by atoms with E-state index in [1.54, 1.807) is 0 Å². The molecular formula is C10H15NO5. The largest absolute Gasteiger partial charge is 0.481 e. The molecule has 0 aromatic rings. The first-order valence-corrected chi connectivity index (χ1v) is 4.99. The molecule has 0 aromatic heterocycles. The van der Waals surface area contributed by atoms with Crippen LogP contribution in [0.2, 0.25) is 0 Å². The maximum absolute atomic E-state index is 11.4. The van der Waals surface area contributed by atoms with Gasteiger partial charge in [-0.2, -0.15) is 0 Å². The smallest absolute Gasteiger partial charge is 0.410 e. The highest BCUT2D eigenvalue weighted by molar-refractivity contribution is 5.73. The molecule has 1 saturated heterocycles. The molecule has 1 aliphatic heterocycles. The number of carboxylic acid groups (broad SMARTS) is 1. The summed E-state index contributed by atoms with van der Waals surface area (Å²) in [6, 6.07) is 0. The summed E-state index contributed by atoms with van der Waals surface area (Å²) in [5.41, 5.74) is 0. The van der Waals surface area contributed by atoms with Crippen molar-refractivity contribution in [3.63, 3.8) is 0 Å². The molecule has 6 heteroatoms. The van der Waals surface area contributed by atoms with E-state index in [2.05, 4.69) is 6.58 Å². The zero-order valence-corrected chi connectivity index (χ0v) is 8.83. The Kier molecular flexibility index (Phi) is 4.30. The second kappa shape index (κ2) is 5.50. The number of aliphatic carboxylic acids is 1. The number of amides is 1. The number of hydrogen-bond donors (Lipinski definition) is 2. The number of hydrogen-bond acceptors (Lipinski definition) is 4. The van der Waals surface area contributed by atoms with Crippen molar-refractivity contribution in [2.45, 2.75) is 12.5 Å². The van der Waals surface area contributed by atoms with E-state index in [1.165, 1.54) is 11.0 Å². The van der Waals surface area contributed by atoms with Crippen LogP contribution in [0.4, 0.5) is 4.79 Å². The Morgan fingerprint density at radius 3 is 2.81 bits per heavy atom. The van der Waals surface area contributed by atoms with Crippen molar-refractivity contribution in [1.29, 1.82) is 0 Å².